The monoisotopic (exact) mass is 205 g/mol. The Kier molecular flexibility index (Phi) is 2.91. The molecule has 1 saturated carbocycles. The predicted octanol–water partition coefficient (Wildman–Crippen LogP) is 1.65. The minimum absolute atomic E-state index is 0.366. The fourth-order valence-electron chi connectivity index (χ4n) is 2.28. The molecule has 0 atom stereocenters. The molecule has 2 N–H and O–H groups in total. The van der Waals surface area contributed by atoms with Gasteiger partial charge in [-0.25, -0.2) is 0 Å². The molecule has 0 amide bonds. The van der Waals surface area contributed by atoms with Gasteiger partial charge in [0.1, 0.15) is 0 Å². The molecular formula is C12H19N3. The number of pyridine rings is 1. The van der Waals surface area contributed by atoms with Crippen LogP contribution < -0.4 is 10.6 Å². The van der Waals surface area contributed by atoms with E-state index in [-0.39, 0.29) is 0 Å². The maximum Gasteiger partial charge on any atom is 0.0550 e. The summed E-state index contributed by atoms with van der Waals surface area (Å²) in [6.07, 6.45) is 7.59. The molecule has 1 aliphatic rings. The van der Waals surface area contributed by atoms with E-state index in [1.807, 2.05) is 12.3 Å². The summed E-state index contributed by atoms with van der Waals surface area (Å²) in [7, 11) is 2.12. The molecule has 82 valence electrons. The quantitative estimate of drug-likeness (QED) is 0.812. The predicted molar refractivity (Wildman–Crippen MR) is 62.8 cm³/mol. The van der Waals surface area contributed by atoms with Crippen molar-refractivity contribution >= 4 is 5.69 Å². The lowest BCUT2D eigenvalue weighted by atomic mass is 9.68. The van der Waals surface area contributed by atoms with Gasteiger partial charge in [-0.3, -0.25) is 4.98 Å². The summed E-state index contributed by atoms with van der Waals surface area (Å²) >= 11 is 0. The van der Waals surface area contributed by atoms with E-state index >= 15 is 0 Å². The van der Waals surface area contributed by atoms with Crippen LogP contribution in [-0.4, -0.2) is 25.1 Å². The minimum Gasteiger partial charge on any atom is -0.373 e. The Morgan fingerprint density at radius 1 is 1.53 bits per heavy atom. The van der Waals surface area contributed by atoms with E-state index in [0.717, 1.165) is 13.1 Å². The molecule has 1 heterocycles. The molecule has 0 spiro atoms. The van der Waals surface area contributed by atoms with E-state index in [0.29, 0.717) is 5.41 Å². The fourth-order valence-corrected chi connectivity index (χ4v) is 2.28. The number of nitrogens with zero attached hydrogens (tertiary/aromatic N) is 2. The summed E-state index contributed by atoms with van der Waals surface area (Å²) in [5.74, 6) is 0. The van der Waals surface area contributed by atoms with E-state index in [9.17, 15) is 0 Å². The molecule has 0 aromatic carbocycles. The topological polar surface area (TPSA) is 42.1 Å². The normalized spacial score (nSPS) is 18.3. The standard InChI is InChI=1S/C12H19N3/c1-15(11-4-2-7-14-8-11)10-12(9-13)5-3-6-12/h2,4,7-8H,3,5-6,9-10,13H2,1H3. The third kappa shape index (κ3) is 2.12. The van der Waals surface area contributed by atoms with Gasteiger partial charge in [-0.2, -0.15) is 0 Å². The molecule has 1 aromatic rings. The van der Waals surface area contributed by atoms with Crippen molar-refractivity contribution in [1.29, 1.82) is 0 Å². The van der Waals surface area contributed by atoms with Crippen molar-refractivity contribution in [2.75, 3.05) is 25.0 Å². The first-order valence-electron chi connectivity index (χ1n) is 5.57. The Balaban J connectivity index is 2.00. The summed E-state index contributed by atoms with van der Waals surface area (Å²) < 4.78 is 0. The molecule has 1 aromatic heterocycles. The van der Waals surface area contributed by atoms with Gasteiger partial charge in [-0.05, 0) is 31.5 Å². The lowest BCUT2D eigenvalue weighted by Crippen LogP contribution is -2.46. The Morgan fingerprint density at radius 3 is 2.80 bits per heavy atom. The van der Waals surface area contributed by atoms with Gasteiger partial charge < -0.3 is 10.6 Å². The highest BCUT2D eigenvalue weighted by atomic mass is 15.1. The number of anilines is 1. The number of hydrogen-bond donors (Lipinski definition) is 1. The zero-order chi connectivity index (χ0) is 10.7. The van der Waals surface area contributed by atoms with Crippen LogP contribution in [0.25, 0.3) is 0 Å². The number of hydrogen-bond acceptors (Lipinski definition) is 3. The van der Waals surface area contributed by atoms with Crippen LogP contribution in [0.4, 0.5) is 5.69 Å². The van der Waals surface area contributed by atoms with E-state index in [2.05, 4.69) is 23.0 Å². The SMILES string of the molecule is CN(CC1(CN)CCC1)c1cccnc1. The molecule has 2 rings (SSSR count). The molecular weight excluding hydrogens is 186 g/mol. The van der Waals surface area contributed by atoms with Gasteiger partial charge in [0.25, 0.3) is 0 Å². The summed E-state index contributed by atoms with van der Waals surface area (Å²) in [4.78, 5) is 6.40. The smallest absolute Gasteiger partial charge is 0.0550 e. The van der Waals surface area contributed by atoms with Crippen LogP contribution in [-0.2, 0) is 0 Å². The molecule has 3 nitrogen and oxygen atoms in total. The van der Waals surface area contributed by atoms with Gasteiger partial charge in [-0.1, -0.05) is 6.42 Å². The number of rotatable bonds is 4. The third-order valence-electron chi connectivity index (χ3n) is 3.51. The maximum atomic E-state index is 5.85. The molecule has 15 heavy (non-hydrogen) atoms. The molecule has 0 radical (unpaired) electrons. The highest BCUT2D eigenvalue weighted by Crippen LogP contribution is 2.40. The lowest BCUT2D eigenvalue weighted by molar-refractivity contribution is 0.154. The van der Waals surface area contributed by atoms with Crippen molar-refractivity contribution in [1.82, 2.24) is 4.98 Å². The summed E-state index contributed by atoms with van der Waals surface area (Å²) in [6, 6.07) is 4.07. The van der Waals surface area contributed by atoms with Gasteiger partial charge in [-0.15, -0.1) is 0 Å². The van der Waals surface area contributed by atoms with Gasteiger partial charge in [0.05, 0.1) is 11.9 Å². The summed E-state index contributed by atoms with van der Waals surface area (Å²) in [5.41, 5.74) is 7.40. The van der Waals surface area contributed by atoms with Crippen molar-refractivity contribution in [3.63, 3.8) is 0 Å². The van der Waals surface area contributed by atoms with E-state index in [4.69, 9.17) is 5.73 Å². The molecule has 0 bridgehead atoms. The minimum atomic E-state index is 0.366. The zero-order valence-electron chi connectivity index (χ0n) is 9.32. The van der Waals surface area contributed by atoms with Gasteiger partial charge >= 0.3 is 0 Å². The van der Waals surface area contributed by atoms with Crippen LogP contribution in [0, 0.1) is 5.41 Å². The van der Waals surface area contributed by atoms with Crippen molar-refractivity contribution < 1.29 is 0 Å². The Hall–Kier alpha value is -1.09. The first-order valence-corrected chi connectivity index (χ1v) is 5.57. The lowest BCUT2D eigenvalue weighted by Gasteiger charge is -2.44. The van der Waals surface area contributed by atoms with E-state index < -0.39 is 0 Å². The van der Waals surface area contributed by atoms with Crippen LogP contribution in [0.3, 0.4) is 0 Å². The highest BCUT2D eigenvalue weighted by molar-refractivity contribution is 5.43. The average Bonchev–Trinajstić information content (AvgIpc) is 2.24. The second kappa shape index (κ2) is 4.19. The molecule has 1 aliphatic carbocycles. The number of aromatic nitrogens is 1. The first-order chi connectivity index (χ1) is 7.26. The van der Waals surface area contributed by atoms with E-state index in [1.165, 1.54) is 24.9 Å². The first kappa shape index (κ1) is 10.4. The molecule has 0 unspecified atom stereocenters. The fraction of sp³-hybridized carbons (Fsp3) is 0.583. The number of nitrogens with two attached hydrogens (primary N) is 1. The Labute approximate surface area is 91.3 Å². The summed E-state index contributed by atoms with van der Waals surface area (Å²) in [6.45, 7) is 1.85. The van der Waals surface area contributed by atoms with Crippen molar-refractivity contribution in [3.05, 3.63) is 24.5 Å². The molecule has 1 fully saturated rings. The average molecular weight is 205 g/mol. The maximum absolute atomic E-state index is 5.85. The van der Waals surface area contributed by atoms with Crippen molar-refractivity contribution in [3.8, 4) is 0 Å². The van der Waals surface area contributed by atoms with Crippen molar-refractivity contribution in [2.45, 2.75) is 19.3 Å². The molecule has 3 heteroatoms. The molecule has 0 aliphatic heterocycles. The second-order valence-electron chi connectivity index (χ2n) is 4.62. The van der Waals surface area contributed by atoms with Gasteiger partial charge in [0.2, 0.25) is 0 Å². The van der Waals surface area contributed by atoms with Crippen molar-refractivity contribution in [2.24, 2.45) is 11.1 Å². The zero-order valence-corrected chi connectivity index (χ0v) is 9.32. The second-order valence-corrected chi connectivity index (χ2v) is 4.62. The Bertz CT molecular complexity index is 300. The van der Waals surface area contributed by atoms with Crippen LogP contribution in [0.2, 0.25) is 0 Å². The van der Waals surface area contributed by atoms with Crippen LogP contribution in [0.15, 0.2) is 24.5 Å². The Morgan fingerprint density at radius 2 is 2.33 bits per heavy atom. The van der Waals surface area contributed by atoms with Crippen LogP contribution >= 0.6 is 0 Å². The highest BCUT2D eigenvalue weighted by Gasteiger charge is 2.36. The third-order valence-corrected chi connectivity index (χ3v) is 3.51. The van der Waals surface area contributed by atoms with Gasteiger partial charge in [0.15, 0.2) is 0 Å². The summed E-state index contributed by atoms with van der Waals surface area (Å²) in [5, 5.41) is 0. The largest absolute Gasteiger partial charge is 0.373 e. The van der Waals surface area contributed by atoms with E-state index in [1.54, 1.807) is 6.20 Å². The van der Waals surface area contributed by atoms with Crippen LogP contribution in [0.5, 0.6) is 0 Å². The van der Waals surface area contributed by atoms with Gasteiger partial charge in [0, 0.05) is 25.2 Å². The van der Waals surface area contributed by atoms with Crippen LogP contribution in [0.1, 0.15) is 19.3 Å². The molecule has 0 saturated heterocycles.